The minimum Gasteiger partial charge on any atom is -0.393 e. The van der Waals surface area contributed by atoms with Gasteiger partial charge in [-0.3, -0.25) is 0 Å². The Morgan fingerprint density at radius 1 is 1.20 bits per heavy atom. The molecule has 1 heteroatoms. The largest absolute Gasteiger partial charge is 0.393 e. The van der Waals surface area contributed by atoms with E-state index in [0.717, 1.165) is 12.8 Å². The third kappa shape index (κ3) is 7.96. The van der Waals surface area contributed by atoms with Gasteiger partial charge in [-0.05, 0) is 12.3 Å². The first-order valence-electron chi connectivity index (χ1n) is 3.36. The van der Waals surface area contributed by atoms with Crippen molar-refractivity contribution >= 4 is 0 Å². The molecular weight excluding hydrogens is 124 g/mol. The third-order valence-corrected chi connectivity index (χ3v) is 1.35. The lowest BCUT2D eigenvalue weighted by molar-refractivity contribution is 0.115. The molecule has 1 atom stereocenters. The van der Waals surface area contributed by atoms with Crippen LogP contribution in [0.5, 0.6) is 0 Å². The van der Waals surface area contributed by atoms with E-state index in [1.807, 2.05) is 13.8 Å². The summed E-state index contributed by atoms with van der Waals surface area (Å²) in [6, 6.07) is 0. The van der Waals surface area contributed by atoms with Crippen LogP contribution in [-0.2, 0) is 0 Å². The molecular formula is C9H24O. The molecule has 0 saturated heterocycles. The summed E-state index contributed by atoms with van der Waals surface area (Å²) in [6.07, 6.45) is 1.94. The van der Waals surface area contributed by atoms with E-state index in [0.29, 0.717) is 5.92 Å². The van der Waals surface area contributed by atoms with E-state index >= 15 is 0 Å². The summed E-state index contributed by atoms with van der Waals surface area (Å²) in [4.78, 5) is 0. The molecule has 0 aromatic carbocycles. The Hall–Kier alpha value is -0.0400. The Kier molecular flexibility index (Phi) is 14.8. The number of hydrogen-bond acceptors (Lipinski definition) is 1. The van der Waals surface area contributed by atoms with Gasteiger partial charge < -0.3 is 5.11 Å². The molecule has 1 unspecified atom stereocenters. The van der Waals surface area contributed by atoms with Gasteiger partial charge in [0.15, 0.2) is 0 Å². The van der Waals surface area contributed by atoms with Gasteiger partial charge in [0.05, 0.1) is 6.10 Å². The number of aliphatic hydroxyl groups is 1. The Balaban J connectivity index is -0.000000245. The van der Waals surface area contributed by atoms with Crippen LogP contribution in [0.1, 0.15) is 48.5 Å². The fourth-order valence-electron chi connectivity index (χ4n) is 0.629. The normalized spacial score (nSPS) is 11.7. The van der Waals surface area contributed by atoms with Gasteiger partial charge in [-0.15, -0.1) is 0 Å². The molecule has 0 aliphatic carbocycles. The van der Waals surface area contributed by atoms with Crippen LogP contribution in [-0.4, -0.2) is 11.2 Å². The maximum absolute atomic E-state index is 9.13. The van der Waals surface area contributed by atoms with Crippen molar-refractivity contribution in [2.45, 2.75) is 54.6 Å². The molecule has 0 aliphatic heterocycles. The van der Waals surface area contributed by atoms with Crippen LogP contribution in [0.2, 0.25) is 0 Å². The van der Waals surface area contributed by atoms with E-state index in [9.17, 15) is 0 Å². The van der Waals surface area contributed by atoms with Crippen molar-refractivity contribution in [1.82, 2.24) is 0 Å². The highest BCUT2D eigenvalue weighted by molar-refractivity contribution is 4.57. The monoisotopic (exact) mass is 148 g/mol. The zero-order chi connectivity index (χ0) is 6.57. The van der Waals surface area contributed by atoms with Gasteiger partial charge >= 0.3 is 0 Å². The van der Waals surface area contributed by atoms with Crippen molar-refractivity contribution in [1.29, 1.82) is 0 Å². The molecule has 0 aromatic heterocycles. The molecule has 1 nitrogen and oxygen atoms in total. The number of hydrogen-bond donors (Lipinski definition) is 1. The second kappa shape index (κ2) is 8.96. The lowest BCUT2D eigenvalue weighted by Gasteiger charge is -2.11. The summed E-state index contributed by atoms with van der Waals surface area (Å²) in [7, 11) is 0. The molecule has 0 amide bonds. The van der Waals surface area contributed by atoms with Crippen molar-refractivity contribution in [3.8, 4) is 0 Å². The van der Waals surface area contributed by atoms with Gasteiger partial charge in [-0.25, -0.2) is 0 Å². The zero-order valence-electron chi connectivity index (χ0n) is 6.02. The molecule has 0 bridgehead atoms. The maximum Gasteiger partial charge on any atom is 0.0563 e. The predicted molar refractivity (Wildman–Crippen MR) is 49.2 cm³/mol. The van der Waals surface area contributed by atoms with Gasteiger partial charge in [0.1, 0.15) is 0 Å². The Morgan fingerprint density at radius 2 is 1.60 bits per heavy atom. The van der Waals surface area contributed by atoms with Crippen molar-refractivity contribution < 1.29 is 5.11 Å². The first-order valence-corrected chi connectivity index (χ1v) is 3.36. The van der Waals surface area contributed by atoms with Crippen molar-refractivity contribution in [3.05, 3.63) is 0 Å². The minimum atomic E-state index is -0.0833. The van der Waals surface area contributed by atoms with Crippen LogP contribution in [0, 0.1) is 5.92 Å². The second-order valence-electron chi connectivity index (χ2n) is 2.60. The highest BCUT2D eigenvalue weighted by Crippen LogP contribution is 2.06. The van der Waals surface area contributed by atoms with Gasteiger partial charge in [0.25, 0.3) is 0 Å². The summed E-state index contributed by atoms with van der Waals surface area (Å²) in [6.45, 7) is 6.17. The molecule has 10 heavy (non-hydrogen) atoms. The molecule has 66 valence electrons. The van der Waals surface area contributed by atoms with E-state index in [4.69, 9.17) is 5.11 Å². The highest BCUT2D eigenvalue weighted by atomic mass is 16.3. The van der Waals surface area contributed by atoms with Crippen molar-refractivity contribution in [2.24, 2.45) is 5.92 Å². The van der Waals surface area contributed by atoms with Gasteiger partial charge in [0, 0.05) is 0 Å². The summed E-state index contributed by atoms with van der Waals surface area (Å²) < 4.78 is 0. The molecule has 0 aromatic rings. The van der Waals surface area contributed by atoms with Crippen LogP contribution in [0.15, 0.2) is 0 Å². The Morgan fingerprint density at radius 3 is 1.70 bits per heavy atom. The van der Waals surface area contributed by atoms with Gasteiger partial charge in [0.2, 0.25) is 0 Å². The van der Waals surface area contributed by atoms with Crippen LogP contribution in [0.3, 0.4) is 0 Å². The molecule has 1 N–H and O–H groups in total. The van der Waals surface area contributed by atoms with Crippen LogP contribution in [0.4, 0.5) is 0 Å². The first kappa shape index (κ1) is 16.5. The van der Waals surface area contributed by atoms with E-state index < -0.39 is 0 Å². The Bertz CT molecular complexity index is 50.7. The quantitative estimate of drug-likeness (QED) is 0.652. The fraction of sp³-hybridized carbons (Fsp3) is 1.00. The SMILES string of the molecule is C.C.CCCC(O)C(C)C. The number of rotatable bonds is 3. The third-order valence-electron chi connectivity index (χ3n) is 1.35. The summed E-state index contributed by atoms with van der Waals surface area (Å²) >= 11 is 0. The van der Waals surface area contributed by atoms with E-state index in [1.54, 1.807) is 0 Å². The highest BCUT2D eigenvalue weighted by Gasteiger charge is 2.05. The maximum atomic E-state index is 9.13. The summed E-state index contributed by atoms with van der Waals surface area (Å²) in [5.41, 5.74) is 0. The van der Waals surface area contributed by atoms with Crippen LogP contribution in [0.25, 0.3) is 0 Å². The van der Waals surface area contributed by atoms with Gasteiger partial charge in [-0.2, -0.15) is 0 Å². The molecule has 0 spiro atoms. The van der Waals surface area contributed by atoms with Gasteiger partial charge in [-0.1, -0.05) is 42.0 Å². The molecule has 0 heterocycles. The van der Waals surface area contributed by atoms with E-state index in [-0.39, 0.29) is 21.0 Å². The molecule has 0 aliphatic rings. The molecule has 0 radical (unpaired) electrons. The zero-order valence-corrected chi connectivity index (χ0v) is 6.02. The lowest BCUT2D eigenvalue weighted by atomic mass is 10.0. The van der Waals surface area contributed by atoms with Crippen LogP contribution >= 0.6 is 0 Å². The predicted octanol–water partition coefficient (Wildman–Crippen LogP) is 3.08. The molecule has 0 saturated carbocycles. The smallest absolute Gasteiger partial charge is 0.0563 e. The standard InChI is InChI=1S/C7H16O.2CH4/c1-4-5-7(8)6(2)3;;/h6-8H,4-5H2,1-3H3;2*1H4. The fourth-order valence-corrected chi connectivity index (χ4v) is 0.629. The lowest BCUT2D eigenvalue weighted by Crippen LogP contribution is -2.13. The Labute approximate surface area is 66.5 Å². The van der Waals surface area contributed by atoms with E-state index in [1.165, 1.54) is 0 Å². The van der Waals surface area contributed by atoms with E-state index in [2.05, 4.69) is 6.92 Å². The topological polar surface area (TPSA) is 20.2 Å². The average Bonchev–Trinajstić information content (AvgIpc) is 1.67. The van der Waals surface area contributed by atoms with Crippen molar-refractivity contribution in [2.75, 3.05) is 0 Å². The molecule has 0 fully saturated rings. The van der Waals surface area contributed by atoms with Crippen molar-refractivity contribution in [3.63, 3.8) is 0 Å². The summed E-state index contributed by atoms with van der Waals surface area (Å²) in [5.74, 6) is 0.426. The number of aliphatic hydroxyl groups excluding tert-OH is 1. The average molecular weight is 148 g/mol. The summed E-state index contributed by atoms with van der Waals surface area (Å²) in [5, 5.41) is 9.13. The first-order chi connectivity index (χ1) is 3.68. The molecule has 0 rings (SSSR count). The minimum absolute atomic E-state index is 0. The van der Waals surface area contributed by atoms with Crippen LogP contribution < -0.4 is 0 Å². The second-order valence-corrected chi connectivity index (χ2v) is 2.60.